The van der Waals surface area contributed by atoms with Crippen molar-refractivity contribution in [1.29, 1.82) is 0 Å². The zero-order valence-electron chi connectivity index (χ0n) is 10.9. The Hall–Kier alpha value is -2.28. The Balaban J connectivity index is 1.96. The number of hydrogen-bond acceptors (Lipinski definition) is 4. The first-order chi connectivity index (χ1) is 10.1. The third-order valence-electron chi connectivity index (χ3n) is 3.51. The molecule has 1 N–H and O–H groups in total. The lowest BCUT2D eigenvalue weighted by molar-refractivity contribution is 0.0703. The van der Waals surface area contributed by atoms with Crippen LogP contribution >= 0.6 is 0 Å². The fourth-order valence-corrected chi connectivity index (χ4v) is 2.57. The van der Waals surface area contributed by atoms with Crippen LogP contribution in [0.4, 0.5) is 8.78 Å². The second kappa shape index (κ2) is 5.25. The summed E-state index contributed by atoms with van der Waals surface area (Å²) >= 11 is 0. The molecular formula is C14H12F2N2O3. The number of rotatable bonds is 2. The summed E-state index contributed by atoms with van der Waals surface area (Å²) in [5.74, 6) is -1.70. The quantitative estimate of drug-likeness (QED) is 0.918. The summed E-state index contributed by atoms with van der Waals surface area (Å²) in [6.45, 7) is 0.0340. The van der Waals surface area contributed by atoms with Crippen molar-refractivity contribution in [3.05, 3.63) is 53.4 Å². The van der Waals surface area contributed by atoms with Crippen LogP contribution in [-0.2, 0) is 0 Å². The lowest BCUT2D eigenvalue weighted by Crippen LogP contribution is -2.32. The molecule has 0 radical (unpaired) electrons. The first-order valence-corrected chi connectivity index (χ1v) is 6.40. The molecule has 1 fully saturated rings. The van der Waals surface area contributed by atoms with E-state index in [1.165, 1.54) is 17.2 Å². The van der Waals surface area contributed by atoms with Crippen molar-refractivity contribution in [1.82, 2.24) is 10.1 Å². The average molecular weight is 294 g/mol. The van der Waals surface area contributed by atoms with Gasteiger partial charge in [0, 0.05) is 18.2 Å². The Labute approximate surface area is 118 Å². The molecular weight excluding hydrogens is 282 g/mol. The summed E-state index contributed by atoms with van der Waals surface area (Å²) in [6.07, 6.45) is 0.593. The lowest BCUT2D eigenvalue weighted by atomic mass is 10.0. The molecule has 1 aliphatic heterocycles. The molecule has 1 amide bonds. The molecule has 0 spiro atoms. The predicted molar refractivity (Wildman–Crippen MR) is 67.3 cm³/mol. The van der Waals surface area contributed by atoms with Gasteiger partial charge in [-0.05, 0) is 24.6 Å². The SMILES string of the molecule is O=C(c1ccon1)N1C[C@@H](O)C[C@@H]1c1cc(F)ccc1F. The number of nitrogens with zero attached hydrogens (tertiary/aromatic N) is 2. The van der Waals surface area contributed by atoms with Crippen molar-refractivity contribution >= 4 is 5.91 Å². The van der Waals surface area contributed by atoms with E-state index in [-0.39, 0.29) is 24.2 Å². The highest BCUT2D eigenvalue weighted by Crippen LogP contribution is 2.34. The molecule has 1 saturated heterocycles. The number of amides is 1. The summed E-state index contributed by atoms with van der Waals surface area (Å²) < 4.78 is 31.9. The summed E-state index contributed by atoms with van der Waals surface area (Å²) in [7, 11) is 0. The molecule has 110 valence electrons. The maximum absolute atomic E-state index is 13.9. The number of carbonyl (C=O) groups is 1. The average Bonchev–Trinajstić information content (AvgIpc) is 3.10. The number of β-amino-alcohol motifs (C(OH)–C–C–N with tert-alkyl or cyclic N) is 1. The standard InChI is InChI=1S/C14H12F2N2O3/c15-8-1-2-11(16)10(5-8)13-6-9(19)7-18(13)14(20)12-3-4-21-17-12/h1-5,9,13,19H,6-7H2/t9-,13+/m0/s1. The lowest BCUT2D eigenvalue weighted by Gasteiger charge is -2.24. The van der Waals surface area contributed by atoms with Crippen LogP contribution in [0, 0.1) is 11.6 Å². The minimum atomic E-state index is -0.798. The zero-order chi connectivity index (χ0) is 15.0. The van der Waals surface area contributed by atoms with Gasteiger partial charge in [0.1, 0.15) is 17.9 Å². The van der Waals surface area contributed by atoms with E-state index in [1.54, 1.807) is 0 Å². The molecule has 2 heterocycles. The molecule has 0 saturated carbocycles. The Morgan fingerprint density at radius 3 is 2.90 bits per heavy atom. The van der Waals surface area contributed by atoms with Crippen molar-refractivity contribution in [2.24, 2.45) is 0 Å². The summed E-state index contributed by atoms with van der Waals surface area (Å²) in [5, 5.41) is 13.3. The van der Waals surface area contributed by atoms with Crippen LogP contribution in [0.5, 0.6) is 0 Å². The molecule has 21 heavy (non-hydrogen) atoms. The molecule has 0 unspecified atom stereocenters. The van der Waals surface area contributed by atoms with Crippen molar-refractivity contribution in [2.45, 2.75) is 18.6 Å². The molecule has 3 rings (SSSR count). The normalized spacial score (nSPS) is 21.8. The molecule has 5 nitrogen and oxygen atoms in total. The van der Waals surface area contributed by atoms with Gasteiger partial charge in [-0.2, -0.15) is 0 Å². The number of benzene rings is 1. The van der Waals surface area contributed by atoms with E-state index >= 15 is 0 Å². The number of aliphatic hydroxyl groups excluding tert-OH is 1. The summed E-state index contributed by atoms with van der Waals surface area (Å²) in [4.78, 5) is 13.6. The third-order valence-corrected chi connectivity index (χ3v) is 3.51. The minimum absolute atomic E-state index is 0.0340. The molecule has 0 aliphatic carbocycles. The number of halogens is 2. The van der Waals surface area contributed by atoms with Gasteiger partial charge in [-0.15, -0.1) is 0 Å². The fraction of sp³-hybridized carbons (Fsp3) is 0.286. The molecule has 0 bridgehead atoms. The van der Waals surface area contributed by atoms with Crippen molar-refractivity contribution < 1.29 is 23.2 Å². The van der Waals surface area contributed by atoms with E-state index in [9.17, 15) is 18.7 Å². The van der Waals surface area contributed by atoms with Gasteiger partial charge in [0.15, 0.2) is 5.69 Å². The van der Waals surface area contributed by atoms with Crippen molar-refractivity contribution in [3.8, 4) is 0 Å². The van der Waals surface area contributed by atoms with Crippen LogP contribution in [0.2, 0.25) is 0 Å². The number of hydrogen-bond donors (Lipinski definition) is 1. The minimum Gasteiger partial charge on any atom is -0.391 e. The molecule has 1 aromatic carbocycles. The van der Waals surface area contributed by atoms with Gasteiger partial charge in [0.2, 0.25) is 0 Å². The predicted octanol–water partition coefficient (Wildman–Crippen LogP) is 1.90. The maximum atomic E-state index is 13.9. The largest absolute Gasteiger partial charge is 0.391 e. The Bertz CT molecular complexity index is 660. The summed E-state index contributed by atoms with van der Waals surface area (Å²) in [5.41, 5.74) is 0.106. The first kappa shape index (κ1) is 13.7. The van der Waals surface area contributed by atoms with Gasteiger partial charge in [-0.25, -0.2) is 8.78 Å². The van der Waals surface area contributed by atoms with Gasteiger partial charge < -0.3 is 14.5 Å². The van der Waals surface area contributed by atoms with Crippen LogP contribution in [-0.4, -0.2) is 33.7 Å². The van der Waals surface area contributed by atoms with Crippen LogP contribution in [0.3, 0.4) is 0 Å². The highest BCUT2D eigenvalue weighted by Gasteiger charge is 2.38. The Morgan fingerprint density at radius 2 is 2.19 bits per heavy atom. The van der Waals surface area contributed by atoms with E-state index in [4.69, 9.17) is 0 Å². The van der Waals surface area contributed by atoms with Crippen LogP contribution in [0.15, 0.2) is 35.1 Å². The van der Waals surface area contributed by atoms with Crippen LogP contribution < -0.4 is 0 Å². The van der Waals surface area contributed by atoms with Crippen LogP contribution in [0.25, 0.3) is 0 Å². The second-order valence-corrected chi connectivity index (χ2v) is 4.91. The number of likely N-dealkylation sites (tertiary alicyclic amines) is 1. The maximum Gasteiger partial charge on any atom is 0.276 e. The molecule has 2 atom stereocenters. The van der Waals surface area contributed by atoms with E-state index < -0.39 is 29.7 Å². The molecule has 7 heteroatoms. The van der Waals surface area contributed by atoms with Gasteiger partial charge in [-0.3, -0.25) is 4.79 Å². The fourth-order valence-electron chi connectivity index (χ4n) is 2.57. The van der Waals surface area contributed by atoms with Crippen molar-refractivity contribution in [2.75, 3.05) is 6.54 Å². The monoisotopic (exact) mass is 294 g/mol. The van der Waals surface area contributed by atoms with Gasteiger partial charge in [0.05, 0.1) is 12.1 Å². The number of carbonyl (C=O) groups excluding carboxylic acids is 1. The number of aromatic nitrogens is 1. The van der Waals surface area contributed by atoms with E-state index in [0.717, 1.165) is 18.2 Å². The Kier molecular flexibility index (Phi) is 3.42. The Morgan fingerprint density at radius 1 is 1.38 bits per heavy atom. The highest BCUT2D eigenvalue weighted by atomic mass is 19.1. The second-order valence-electron chi connectivity index (χ2n) is 4.91. The van der Waals surface area contributed by atoms with Gasteiger partial charge >= 0.3 is 0 Å². The summed E-state index contributed by atoms with van der Waals surface area (Å²) in [6, 6.07) is 3.70. The topological polar surface area (TPSA) is 66.6 Å². The smallest absolute Gasteiger partial charge is 0.276 e. The molecule has 2 aromatic rings. The zero-order valence-corrected chi connectivity index (χ0v) is 10.9. The third kappa shape index (κ3) is 2.52. The van der Waals surface area contributed by atoms with Gasteiger partial charge in [-0.1, -0.05) is 5.16 Å². The van der Waals surface area contributed by atoms with Gasteiger partial charge in [0.25, 0.3) is 5.91 Å². The highest BCUT2D eigenvalue weighted by molar-refractivity contribution is 5.92. The van der Waals surface area contributed by atoms with Crippen LogP contribution in [0.1, 0.15) is 28.5 Å². The van der Waals surface area contributed by atoms with E-state index in [2.05, 4.69) is 9.68 Å². The van der Waals surface area contributed by atoms with Crippen molar-refractivity contribution in [3.63, 3.8) is 0 Å². The van der Waals surface area contributed by atoms with E-state index in [1.807, 2.05) is 0 Å². The first-order valence-electron chi connectivity index (χ1n) is 6.40. The molecule has 1 aliphatic rings. The number of aliphatic hydroxyl groups is 1. The molecule has 1 aromatic heterocycles. The van der Waals surface area contributed by atoms with E-state index in [0.29, 0.717) is 0 Å².